The van der Waals surface area contributed by atoms with Crippen molar-refractivity contribution >= 4 is 0 Å². The predicted octanol–water partition coefficient (Wildman–Crippen LogP) is 3.14. The third kappa shape index (κ3) is 3.08. The maximum absolute atomic E-state index is 11.9. The number of rotatable bonds is 4. The van der Waals surface area contributed by atoms with Crippen molar-refractivity contribution < 1.29 is 8.78 Å². The van der Waals surface area contributed by atoms with E-state index in [1.165, 1.54) is 0 Å². The summed E-state index contributed by atoms with van der Waals surface area (Å²) in [5.41, 5.74) is 0. The minimum atomic E-state index is -0.233. The Balaban J connectivity index is 2.11. The zero-order valence-corrected chi connectivity index (χ0v) is 7.31. The topological polar surface area (TPSA) is 0 Å². The molecule has 0 aromatic carbocycles. The first-order valence-electron chi connectivity index (χ1n) is 4.65. The van der Waals surface area contributed by atoms with Crippen molar-refractivity contribution in [1.82, 2.24) is 0 Å². The molecule has 0 N–H and O–H groups in total. The van der Waals surface area contributed by atoms with Crippen LogP contribution in [-0.2, 0) is 0 Å². The fourth-order valence-corrected chi connectivity index (χ4v) is 1.68. The normalized spacial score (nSPS) is 30.5. The van der Waals surface area contributed by atoms with E-state index in [2.05, 4.69) is 12.8 Å². The van der Waals surface area contributed by atoms with Crippen LogP contribution in [0.5, 0.6) is 0 Å². The zero-order chi connectivity index (χ0) is 8.81. The van der Waals surface area contributed by atoms with E-state index < -0.39 is 0 Å². The van der Waals surface area contributed by atoms with Crippen molar-refractivity contribution in [1.29, 1.82) is 0 Å². The zero-order valence-electron chi connectivity index (χ0n) is 7.31. The number of hydrogen-bond donors (Lipinski definition) is 0. The third-order valence-electron chi connectivity index (χ3n) is 2.50. The summed E-state index contributed by atoms with van der Waals surface area (Å²) in [7, 11) is 0. The molecule has 0 aromatic heterocycles. The second-order valence-corrected chi connectivity index (χ2v) is 3.42. The fourth-order valence-electron chi connectivity index (χ4n) is 1.68. The second kappa shape index (κ2) is 5.50. The molecule has 2 unspecified atom stereocenters. The minimum absolute atomic E-state index is 0.233. The Morgan fingerprint density at radius 3 is 1.58 bits per heavy atom. The smallest absolute Gasteiger partial charge is 0.0897 e. The van der Waals surface area contributed by atoms with Gasteiger partial charge in [0.2, 0.25) is 0 Å². The summed E-state index contributed by atoms with van der Waals surface area (Å²) in [4.78, 5) is 0. The largest absolute Gasteiger partial charge is 0.251 e. The third-order valence-corrected chi connectivity index (χ3v) is 2.50. The molecule has 2 radical (unpaired) electrons. The van der Waals surface area contributed by atoms with Crippen molar-refractivity contribution in [2.75, 3.05) is 13.3 Å². The molecule has 2 heteroatoms. The summed E-state index contributed by atoms with van der Waals surface area (Å²) < 4.78 is 23.9. The van der Waals surface area contributed by atoms with Crippen LogP contribution in [0.1, 0.15) is 25.7 Å². The molecule has 70 valence electrons. The van der Waals surface area contributed by atoms with E-state index in [1.54, 1.807) is 0 Å². The van der Waals surface area contributed by atoms with Gasteiger partial charge >= 0.3 is 0 Å². The van der Waals surface area contributed by atoms with Crippen LogP contribution < -0.4 is 0 Å². The monoisotopic (exact) mass is 174 g/mol. The molecule has 12 heavy (non-hydrogen) atoms. The van der Waals surface area contributed by atoms with Crippen molar-refractivity contribution in [2.45, 2.75) is 25.7 Å². The lowest BCUT2D eigenvalue weighted by molar-refractivity contribution is 0.331. The molecule has 1 rings (SSSR count). The van der Waals surface area contributed by atoms with E-state index in [4.69, 9.17) is 0 Å². The number of hydrogen-bond acceptors (Lipinski definition) is 0. The maximum atomic E-state index is 11.9. The van der Waals surface area contributed by atoms with E-state index in [9.17, 15) is 8.78 Å². The first kappa shape index (κ1) is 9.94. The van der Waals surface area contributed by atoms with Crippen molar-refractivity contribution in [3.8, 4) is 0 Å². The summed E-state index contributed by atoms with van der Waals surface area (Å²) in [6, 6.07) is 0. The maximum Gasteiger partial charge on any atom is 0.0897 e. The van der Waals surface area contributed by atoms with E-state index in [-0.39, 0.29) is 13.3 Å². The van der Waals surface area contributed by atoms with Crippen LogP contribution in [0, 0.1) is 24.7 Å². The Labute approximate surface area is 73.3 Å². The summed E-state index contributed by atoms with van der Waals surface area (Å²) in [5.74, 6) is 0.816. The summed E-state index contributed by atoms with van der Waals surface area (Å²) in [6.07, 6.45) is 7.46. The van der Waals surface area contributed by atoms with Crippen molar-refractivity contribution in [2.24, 2.45) is 11.8 Å². The quantitative estimate of drug-likeness (QED) is 0.614. The van der Waals surface area contributed by atoms with Gasteiger partial charge in [-0.25, -0.2) is 0 Å². The van der Waals surface area contributed by atoms with E-state index in [0.717, 1.165) is 12.8 Å². The molecule has 1 fully saturated rings. The Morgan fingerprint density at radius 2 is 1.33 bits per heavy atom. The molecule has 1 aliphatic carbocycles. The molecule has 0 saturated heterocycles. The summed E-state index contributed by atoms with van der Waals surface area (Å²) >= 11 is 0. The van der Waals surface area contributed by atoms with Gasteiger partial charge in [0.15, 0.2) is 0 Å². The molecule has 0 spiro atoms. The van der Waals surface area contributed by atoms with Crippen LogP contribution in [0.15, 0.2) is 0 Å². The molecule has 1 aliphatic rings. The number of halogens is 2. The van der Waals surface area contributed by atoms with E-state index >= 15 is 0 Å². The summed E-state index contributed by atoms with van der Waals surface area (Å²) in [5, 5.41) is 0. The Kier molecular flexibility index (Phi) is 4.55. The van der Waals surface area contributed by atoms with Gasteiger partial charge in [-0.15, -0.1) is 0 Å². The highest BCUT2D eigenvalue weighted by Gasteiger charge is 2.20. The molecule has 1 saturated carbocycles. The Morgan fingerprint density at radius 1 is 0.917 bits per heavy atom. The Hall–Kier alpha value is -0.140. The minimum Gasteiger partial charge on any atom is -0.251 e. The van der Waals surface area contributed by atoms with Gasteiger partial charge in [0.25, 0.3) is 0 Å². The SMILES string of the molecule is FCCC1[CH]CC(CCF)[CH]C1. The molecule has 0 bridgehead atoms. The molecule has 0 amide bonds. The van der Waals surface area contributed by atoms with Crippen molar-refractivity contribution in [3.63, 3.8) is 0 Å². The first-order valence-corrected chi connectivity index (χ1v) is 4.65. The summed E-state index contributed by atoms with van der Waals surface area (Å²) in [6.45, 7) is -0.467. The molecule has 0 nitrogen and oxygen atoms in total. The molecule has 0 heterocycles. The van der Waals surface area contributed by atoms with Crippen LogP contribution in [-0.4, -0.2) is 13.3 Å². The van der Waals surface area contributed by atoms with Gasteiger partial charge in [-0.3, -0.25) is 8.78 Å². The first-order chi connectivity index (χ1) is 5.86. The van der Waals surface area contributed by atoms with Crippen LogP contribution >= 0.6 is 0 Å². The van der Waals surface area contributed by atoms with Gasteiger partial charge < -0.3 is 0 Å². The van der Waals surface area contributed by atoms with Crippen LogP contribution in [0.25, 0.3) is 0 Å². The standard InChI is InChI=1S/C10H16F2/c11-7-5-9-1-2-10(4-3-9)6-8-12/h1,4,9-10H,2-3,5-8H2. The lowest BCUT2D eigenvalue weighted by Gasteiger charge is -2.26. The highest BCUT2D eigenvalue weighted by molar-refractivity contribution is 4.94. The Bertz CT molecular complexity index is 92.4. The average Bonchev–Trinajstić information content (AvgIpc) is 2.09. The lowest BCUT2D eigenvalue weighted by Crippen LogP contribution is -2.16. The van der Waals surface area contributed by atoms with Gasteiger partial charge in [-0.05, 0) is 50.4 Å². The average molecular weight is 174 g/mol. The van der Waals surface area contributed by atoms with Crippen LogP contribution in [0.2, 0.25) is 0 Å². The molecule has 2 atom stereocenters. The van der Waals surface area contributed by atoms with Gasteiger partial charge in [-0.1, -0.05) is 0 Å². The van der Waals surface area contributed by atoms with Crippen molar-refractivity contribution in [3.05, 3.63) is 12.8 Å². The van der Waals surface area contributed by atoms with Gasteiger partial charge in [0, 0.05) is 0 Å². The molecule has 0 aliphatic heterocycles. The van der Waals surface area contributed by atoms with Gasteiger partial charge in [0.1, 0.15) is 0 Å². The van der Waals surface area contributed by atoms with Gasteiger partial charge in [0.05, 0.1) is 13.3 Å². The predicted molar refractivity (Wildman–Crippen MR) is 46.0 cm³/mol. The highest BCUT2D eigenvalue weighted by Crippen LogP contribution is 2.30. The highest BCUT2D eigenvalue weighted by atomic mass is 19.1. The number of alkyl halides is 2. The van der Waals surface area contributed by atoms with E-state index in [0.29, 0.717) is 24.7 Å². The molecular weight excluding hydrogens is 158 g/mol. The second-order valence-electron chi connectivity index (χ2n) is 3.42. The molecular formula is C10H16F2. The van der Waals surface area contributed by atoms with E-state index in [1.807, 2.05) is 0 Å². The lowest BCUT2D eigenvalue weighted by atomic mass is 9.80. The van der Waals surface area contributed by atoms with Gasteiger partial charge in [-0.2, -0.15) is 0 Å². The van der Waals surface area contributed by atoms with Crippen LogP contribution in [0.3, 0.4) is 0 Å². The fraction of sp³-hybridized carbons (Fsp3) is 0.800. The van der Waals surface area contributed by atoms with Crippen LogP contribution in [0.4, 0.5) is 8.78 Å². The molecule has 0 aromatic rings.